The summed E-state index contributed by atoms with van der Waals surface area (Å²) < 4.78 is 78.8. The molecule has 0 amide bonds. The van der Waals surface area contributed by atoms with E-state index in [0.29, 0.717) is 18.1 Å². The number of alkyl halides is 3. The van der Waals surface area contributed by atoms with Crippen LogP contribution in [0.1, 0.15) is 18.1 Å². The molecule has 3 nitrogen and oxygen atoms in total. The van der Waals surface area contributed by atoms with E-state index in [0.717, 1.165) is 18.2 Å². The van der Waals surface area contributed by atoms with Gasteiger partial charge >= 0.3 is 6.18 Å². The van der Waals surface area contributed by atoms with Crippen molar-refractivity contribution in [1.29, 1.82) is 0 Å². The maximum atomic E-state index is 13.7. The van der Waals surface area contributed by atoms with E-state index >= 15 is 0 Å². The second-order valence-electron chi connectivity index (χ2n) is 4.76. The highest BCUT2D eigenvalue weighted by molar-refractivity contribution is 7.92. The van der Waals surface area contributed by atoms with E-state index in [2.05, 4.69) is 0 Å². The molecule has 0 aliphatic heterocycles. The molecule has 0 aliphatic rings. The number of rotatable bonds is 4. The zero-order valence-electron chi connectivity index (χ0n) is 12.0. The molecule has 0 saturated carbocycles. The van der Waals surface area contributed by atoms with Crippen LogP contribution in [0.25, 0.3) is 0 Å². The first-order valence-electron chi connectivity index (χ1n) is 6.62. The zero-order valence-corrected chi connectivity index (χ0v) is 12.8. The molecule has 0 atom stereocenters. The van der Waals surface area contributed by atoms with Crippen molar-refractivity contribution in [3.8, 4) is 0 Å². The summed E-state index contributed by atoms with van der Waals surface area (Å²) in [6.07, 6.45) is -4.40. The number of nitrogens with one attached hydrogen (secondary N) is 1. The number of hydrogen-bond acceptors (Lipinski definition) is 2. The van der Waals surface area contributed by atoms with Gasteiger partial charge in [-0.1, -0.05) is 25.1 Å². The molecular weight excluding hydrogens is 334 g/mol. The Morgan fingerprint density at radius 3 is 2.30 bits per heavy atom. The number of aryl methyl sites for hydroxylation is 1. The fourth-order valence-electron chi connectivity index (χ4n) is 2.04. The van der Waals surface area contributed by atoms with E-state index in [1.165, 1.54) is 18.2 Å². The lowest BCUT2D eigenvalue weighted by Crippen LogP contribution is -2.19. The van der Waals surface area contributed by atoms with Crippen LogP contribution in [0.2, 0.25) is 0 Å². The molecule has 0 spiro atoms. The molecule has 0 bridgehead atoms. The molecule has 8 heteroatoms. The van der Waals surface area contributed by atoms with Gasteiger partial charge < -0.3 is 0 Å². The maximum Gasteiger partial charge on any atom is 0.417 e. The molecule has 0 aromatic heterocycles. The van der Waals surface area contributed by atoms with Gasteiger partial charge in [-0.25, -0.2) is 12.8 Å². The standard InChI is InChI=1S/C15H13F4NO2S/c1-2-10-7-8-11(9-13(10)16)20-23(21,22)14-6-4-3-5-12(14)15(17,18)19/h3-9,20H,2H2,1H3. The highest BCUT2D eigenvalue weighted by atomic mass is 32.2. The summed E-state index contributed by atoms with van der Waals surface area (Å²) >= 11 is 0. The van der Waals surface area contributed by atoms with E-state index in [1.807, 2.05) is 4.72 Å². The Labute approximate surface area is 131 Å². The molecule has 23 heavy (non-hydrogen) atoms. The molecule has 0 unspecified atom stereocenters. The summed E-state index contributed by atoms with van der Waals surface area (Å²) in [7, 11) is -4.50. The number of anilines is 1. The minimum Gasteiger partial charge on any atom is -0.280 e. The number of halogens is 4. The Morgan fingerprint density at radius 2 is 1.74 bits per heavy atom. The Bertz CT molecular complexity index is 816. The molecule has 2 rings (SSSR count). The second-order valence-corrected chi connectivity index (χ2v) is 6.41. The van der Waals surface area contributed by atoms with Gasteiger partial charge in [-0.2, -0.15) is 13.2 Å². The van der Waals surface area contributed by atoms with Crippen molar-refractivity contribution < 1.29 is 26.0 Å². The predicted molar refractivity (Wildman–Crippen MR) is 78.0 cm³/mol. The Balaban J connectivity index is 2.43. The van der Waals surface area contributed by atoms with Crippen molar-refractivity contribution in [1.82, 2.24) is 0 Å². The minimum absolute atomic E-state index is 0.142. The van der Waals surface area contributed by atoms with E-state index in [1.54, 1.807) is 6.92 Å². The predicted octanol–water partition coefficient (Wildman–Crippen LogP) is 4.21. The van der Waals surface area contributed by atoms with Crippen LogP contribution in [0.15, 0.2) is 47.4 Å². The molecule has 0 fully saturated rings. The van der Waals surface area contributed by atoms with Crippen molar-refractivity contribution in [2.24, 2.45) is 0 Å². The van der Waals surface area contributed by atoms with Crippen molar-refractivity contribution in [3.05, 3.63) is 59.4 Å². The van der Waals surface area contributed by atoms with Crippen molar-refractivity contribution in [2.75, 3.05) is 4.72 Å². The second kappa shape index (κ2) is 6.19. The quantitative estimate of drug-likeness (QED) is 0.842. The largest absolute Gasteiger partial charge is 0.417 e. The van der Waals surface area contributed by atoms with Crippen molar-refractivity contribution in [2.45, 2.75) is 24.4 Å². The smallest absolute Gasteiger partial charge is 0.280 e. The third-order valence-corrected chi connectivity index (χ3v) is 4.61. The monoisotopic (exact) mass is 347 g/mol. The SMILES string of the molecule is CCc1ccc(NS(=O)(=O)c2ccccc2C(F)(F)F)cc1F. The summed E-state index contributed by atoms with van der Waals surface area (Å²) in [4.78, 5) is -0.910. The highest BCUT2D eigenvalue weighted by Gasteiger charge is 2.36. The van der Waals surface area contributed by atoms with Gasteiger partial charge in [0, 0.05) is 0 Å². The normalized spacial score (nSPS) is 12.2. The van der Waals surface area contributed by atoms with Crippen LogP contribution in [-0.4, -0.2) is 8.42 Å². The summed E-state index contributed by atoms with van der Waals surface area (Å²) in [5, 5.41) is 0. The van der Waals surface area contributed by atoms with Gasteiger partial charge in [-0.3, -0.25) is 4.72 Å². The first-order valence-corrected chi connectivity index (χ1v) is 8.11. The summed E-state index contributed by atoms with van der Waals surface area (Å²) in [6, 6.07) is 7.42. The van der Waals surface area contributed by atoms with Crippen molar-refractivity contribution >= 4 is 15.7 Å². The Hall–Kier alpha value is -2.09. The lowest BCUT2D eigenvalue weighted by Gasteiger charge is -2.14. The van der Waals surface area contributed by atoms with Gasteiger partial charge in [0.25, 0.3) is 10.0 Å². The molecule has 124 valence electrons. The highest BCUT2D eigenvalue weighted by Crippen LogP contribution is 2.34. The van der Waals surface area contributed by atoms with E-state index < -0.39 is 32.5 Å². The molecular formula is C15H13F4NO2S. The average molecular weight is 347 g/mol. The fourth-order valence-corrected chi connectivity index (χ4v) is 3.32. The van der Waals surface area contributed by atoms with Crippen LogP contribution >= 0.6 is 0 Å². The topological polar surface area (TPSA) is 46.2 Å². The average Bonchev–Trinajstić information content (AvgIpc) is 2.46. The van der Waals surface area contributed by atoms with Crippen LogP contribution in [0.3, 0.4) is 0 Å². The summed E-state index contributed by atoms with van der Waals surface area (Å²) in [5.74, 6) is -0.628. The number of sulfonamides is 1. The Morgan fingerprint density at radius 1 is 1.09 bits per heavy atom. The lowest BCUT2D eigenvalue weighted by atomic mass is 10.1. The van der Waals surface area contributed by atoms with Gasteiger partial charge in [0.2, 0.25) is 0 Å². The van der Waals surface area contributed by atoms with E-state index in [-0.39, 0.29) is 5.69 Å². The lowest BCUT2D eigenvalue weighted by molar-refractivity contribution is -0.139. The maximum absolute atomic E-state index is 13.7. The van der Waals surface area contributed by atoms with Crippen LogP contribution < -0.4 is 4.72 Å². The molecule has 0 saturated heterocycles. The molecule has 1 N–H and O–H groups in total. The van der Waals surface area contributed by atoms with Gasteiger partial charge in [0.05, 0.1) is 16.1 Å². The van der Waals surface area contributed by atoms with Gasteiger partial charge in [0.15, 0.2) is 0 Å². The van der Waals surface area contributed by atoms with Gasteiger partial charge in [0.1, 0.15) is 5.82 Å². The van der Waals surface area contributed by atoms with Crippen LogP contribution in [-0.2, 0) is 22.6 Å². The molecule has 2 aromatic rings. The first-order chi connectivity index (χ1) is 10.6. The Kier molecular flexibility index (Phi) is 4.65. The molecule has 0 aliphatic carbocycles. The van der Waals surface area contributed by atoms with E-state index in [9.17, 15) is 26.0 Å². The third kappa shape index (κ3) is 3.82. The summed E-state index contributed by atoms with van der Waals surface area (Å²) in [6.45, 7) is 1.72. The van der Waals surface area contributed by atoms with Gasteiger partial charge in [-0.05, 0) is 36.2 Å². The number of hydrogen-bond donors (Lipinski definition) is 1. The molecule has 0 radical (unpaired) electrons. The molecule has 0 heterocycles. The van der Waals surface area contributed by atoms with Crippen LogP contribution in [0.5, 0.6) is 0 Å². The van der Waals surface area contributed by atoms with Crippen molar-refractivity contribution in [3.63, 3.8) is 0 Å². The van der Waals surface area contributed by atoms with Crippen LogP contribution in [0, 0.1) is 5.82 Å². The fraction of sp³-hybridized carbons (Fsp3) is 0.200. The summed E-state index contributed by atoms with van der Waals surface area (Å²) in [5.41, 5.74) is -1.04. The van der Waals surface area contributed by atoms with E-state index in [4.69, 9.17) is 0 Å². The molecule has 2 aromatic carbocycles. The zero-order chi connectivity index (χ0) is 17.3. The van der Waals surface area contributed by atoms with Crippen LogP contribution in [0.4, 0.5) is 23.2 Å². The number of benzene rings is 2. The third-order valence-electron chi connectivity index (χ3n) is 3.17. The minimum atomic E-state index is -4.82. The first kappa shape index (κ1) is 17.3. The van der Waals surface area contributed by atoms with Gasteiger partial charge in [-0.15, -0.1) is 0 Å².